The standard InChI is InChI=1S/C9H13O/c1-8(10)7-9-5-3-2-4-6-9/h3,5,9H,1-2,4,6-7H2. The van der Waals surface area contributed by atoms with Crippen molar-refractivity contribution in [3.05, 3.63) is 24.5 Å². The van der Waals surface area contributed by atoms with Gasteiger partial charge in [0.15, 0.2) is 0 Å². The van der Waals surface area contributed by atoms with E-state index in [0.29, 0.717) is 12.3 Å². The first-order valence-electron chi connectivity index (χ1n) is 3.80. The smallest absolute Gasteiger partial charge is 0.149 e. The summed E-state index contributed by atoms with van der Waals surface area (Å²) in [7, 11) is 0. The van der Waals surface area contributed by atoms with E-state index in [-0.39, 0.29) is 5.76 Å². The minimum absolute atomic E-state index is 0.0663. The summed E-state index contributed by atoms with van der Waals surface area (Å²) in [6, 6.07) is 0. The van der Waals surface area contributed by atoms with Gasteiger partial charge in [0, 0.05) is 6.42 Å². The molecule has 55 valence electrons. The first-order chi connectivity index (χ1) is 4.79. The van der Waals surface area contributed by atoms with Crippen molar-refractivity contribution < 1.29 is 5.11 Å². The predicted molar refractivity (Wildman–Crippen MR) is 40.9 cm³/mol. The molecule has 0 heterocycles. The van der Waals surface area contributed by atoms with Crippen LogP contribution in [-0.4, -0.2) is 0 Å². The van der Waals surface area contributed by atoms with Crippen LogP contribution in [-0.2, 0) is 5.11 Å². The summed E-state index contributed by atoms with van der Waals surface area (Å²) in [5, 5.41) is 10.6. The van der Waals surface area contributed by atoms with E-state index in [4.69, 9.17) is 0 Å². The molecule has 1 rings (SSSR count). The highest BCUT2D eigenvalue weighted by Crippen LogP contribution is 2.21. The van der Waals surface area contributed by atoms with Gasteiger partial charge in [-0.25, -0.2) is 0 Å². The third kappa shape index (κ3) is 2.26. The average molecular weight is 137 g/mol. The first-order valence-corrected chi connectivity index (χ1v) is 3.80. The fraction of sp³-hybridized carbons (Fsp3) is 0.556. The lowest BCUT2D eigenvalue weighted by molar-refractivity contribution is 0.267. The molecule has 10 heavy (non-hydrogen) atoms. The van der Waals surface area contributed by atoms with Crippen LogP contribution >= 0.6 is 0 Å². The van der Waals surface area contributed by atoms with E-state index in [1.165, 1.54) is 12.8 Å². The Hall–Kier alpha value is -0.720. The Morgan fingerprint density at radius 1 is 1.70 bits per heavy atom. The third-order valence-electron chi connectivity index (χ3n) is 1.84. The molecule has 0 aromatic rings. The van der Waals surface area contributed by atoms with Crippen molar-refractivity contribution in [2.24, 2.45) is 5.92 Å². The summed E-state index contributed by atoms with van der Waals surface area (Å²) in [4.78, 5) is 0. The summed E-state index contributed by atoms with van der Waals surface area (Å²) in [5.74, 6) is 0.551. The van der Waals surface area contributed by atoms with Crippen molar-refractivity contribution >= 4 is 0 Å². The van der Waals surface area contributed by atoms with Gasteiger partial charge >= 0.3 is 0 Å². The molecule has 0 spiro atoms. The van der Waals surface area contributed by atoms with Crippen molar-refractivity contribution in [1.29, 1.82) is 0 Å². The van der Waals surface area contributed by atoms with Crippen LogP contribution in [0.15, 0.2) is 24.5 Å². The lowest BCUT2D eigenvalue weighted by Crippen LogP contribution is -2.00. The molecule has 1 aliphatic carbocycles. The average Bonchev–Trinajstić information content (AvgIpc) is 1.88. The van der Waals surface area contributed by atoms with E-state index in [9.17, 15) is 5.11 Å². The molecule has 1 radical (unpaired) electrons. The Labute approximate surface area is 62.1 Å². The Kier molecular flexibility index (Phi) is 2.55. The van der Waals surface area contributed by atoms with Gasteiger partial charge in [0.05, 0.1) is 0 Å². The number of hydrogen-bond donors (Lipinski definition) is 0. The van der Waals surface area contributed by atoms with Gasteiger partial charge in [-0.2, -0.15) is 0 Å². The topological polar surface area (TPSA) is 19.9 Å². The highest BCUT2D eigenvalue weighted by molar-refractivity contribution is 4.97. The molecule has 1 heteroatoms. The largest absolute Gasteiger partial charge is 0.296 e. The Balaban J connectivity index is 2.33. The molecule has 0 bridgehead atoms. The summed E-state index contributed by atoms with van der Waals surface area (Å²) in [5.41, 5.74) is 0. The second-order valence-electron chi connectivity index (χ2n) is 2.86. The summed E-state index contributed by atoms with van der Waals surface area (Å²) in [6.45, 7) is 3.36. The van der Waals surface area contributed by atoms with Crippen LogP contribution in [0.4, 0.5) is 0 Å². The van der Waals surface area contributed by atoms with Gasteiger partial charge in [-0.3, -0.25) is 5.11 Å². The predicted octanol–water partition coefficient (Wildman–Crippen LogP) is 2.68. The van der Waals surface area contributed by atoms with Crippen molar-refractivity contribution in [1.82, 2.24) is 0 Å². The maximum atomic E-state index is 10.6. The summed E-state index contributed by atoms with van der Waals surface area (Å²) < 4.78 is 0. The van der Waals surface area contributed by atoms with E-state index in [1.807, 2.05) is 0 Å². The van der Waals surface area contributed by atoms with Crippen LogP contribution in [0.25, 0.3) is 0 Å². The molecule has 0 amide bonds. The number of rotatable bonds is 2. The lowest BCUT2D eigenvalue weighted by Gasteiger charge is -2.13. The van der Waals surface area contributed by atoms with Crippen molar-refractivity contribution in [2.75, 3.05) is 0 Å². The summed E-state index contributed by atoms with van der Waals surface area (Å²) >= 11 is 0. The minimum atomic E-state index is 0.0663. The zero-order valence-corrected chi connectivity index (χ0v) is 6.18. The fourth-order valence-corrected chi connectivity index (χ4v) is 1.35. The van der Waals surface area contributed by atoms with Gasteiger partial charge in [-0.05, 0) is 25.2 Å². The third-order valence-corrected chi connectivity index (χ3v) is 1.84. The quantitative estimate of drug-likeness (QED) is 0.412. The zero-order chi connectivity index (χ0) is 7.40. The molecular weight excluding hydrogens is 124 g/mol. The molecule has 0 saturated carbocycles. The van der Waals surface area contributed by atoms with E-state index in [0.717, 1.165) is 6.42 Å². The lowest BCUT2D eigenvalue weighted by atomic mass is 9.93. The van der Waals surface area contributed by atoms with Crippen LogP contribution in [0.5, 0.6) is 0 Å². The van der Waals surface area contributed by atoms with Gasteiger partial charge in [0.1, 0.15) is 5.76 Å². The minimum Gasteiger partial charge on any atom is -0.296 e. The monoisotopic (exact) mass is 137 g/mol. The van der Waals surface area contributed by atoms with Crippen LogP contribution in [0.2, 0.25) is 0 Å². The molecule has 1 atom stereocenters. The Bertz CT molecular complexity index is 147. The van der Waals surface area contributed by atoms with Crippen molar-refractivity contribution in [3.8, 4) is 0 Å². The van der Waals surface area contributed by atoms with Crippen LogP contribution in [0.3, 0.4) is 0 Å². The Morgan fingerprint density at radius 2 is 2.50 bits per heavy atom. The van der Waals surface area contributed by atoms with Gasteiger partial charge in [0.2, 0.25) is 0 Å². The van der Waals surface area contributed by atoms with Gasteiger partial charge < -0.3 is 0 Å². The summed E-state index contributed by atoms with van der Waals surface area (Å²) in [6.07, 6.45) is 8.52. The van der Waals surface area contributed by atoms with E-state index < -0.39 is 0 Å². The molecule has 0 aromatic carbocycles. The molecule has 1 nitrogen and oxygen atoms in total. The normalized spacial score (nSPS) is 24.6. The maximum absolute atomic E-state index is 10.6. The SMILES string of the molecule is C=C([O])CC1C=CCCC1. The highest BCUT2D eigenvalue weighted by atomic mass is 16.3. The molecule has 0 fully saturated rings. The Morgan fingerprint density at radius 3 is 3.00 bits per heavy atom. The number of allylic oxidation sites excluding steroid dienone is 3. The second kappa shape index (κ2) is 3.45. The van der Waals surface area contributed by atoms with Gasteiger partial charge in [0.25, 0.3) is 0 Å². The van der Waals surface area contributed by atoms with Crippen LogP contribution in [0.1, 0.15) is 25.7 Å². The molecule has 0 aliphatic heterocycles. The van der Waals surface area contributed by atoms with Gasteiger partial charge in [-0.15, -0.1) is 0 Å². The van der Waals surface area contributed by atoms with Crippen molar-refractivity contribution in [3.63, 3.8) is 0 Å². The molecular formula is C9H13O. The first kappa shape index (κ1) is 7.39. The highest BCUT2D eigenvalue weighted by Gasteiger charge is 2.09. The van der Waals surface area contributed by atoms with Crippen LogP contribution < -0.4 is 0 Å². The van der Waals surface area contributed by atoms with Gasteiger partial charge in [-0.1, -0.05) is 18.7 Å². The van der Waals surface area contributed by atoms with Crippen LogP contribution in [0, 0.1) is 5.92 Å². The number of hydrogen-bond acceptors (Lipinski definition) is 0. The molecule has 0 N–H and O–H groups in total. The molecule has 0 aromatic heterocycles. The molecule has 0 saturated heterocycles. The second-order valence-corrected chi connectivity index (χ2v) is 2.86. The van der Waals surface area contributed by atoms with E-state index in [1.54, 1.807) is 0 Å². The van der Waals surface area contributed by atoms with E-state index in [2.05, 4.69) is 18.7 Å². The fourth-order valence-electron chi connectivity index (χ4n) is 1.35. The zero-order valence-electron chi connectivity index (χ0n) is 6.18. The molecule has 1 aliphatic rings. The van der Waals surface area contributed by atoms with Crippen molar-refractivity contribution in [2.45, 2.75) is 25.7 Å². The molecule has 1 unspecified atom stereocenters. The maximum Gasteiger partial charge on any atom is 0.149 e. The van der Waals surface area contributed by atoms with E-state index >= 15 is 0 Å².